The highest BCUT2D eigenvalue weighted by atomic mass is 16.5. The number of rotatable bonds is 5. The first-order valence-electron chi connectivity index (χ1n) is 6.14. The minimum atomic E-state index is -0.379. The molecular formula is C14H16N2O4. The fraction of sp³-hybridized carbons (Fsp3) is 0.286. The van der Waals surface area contributed by atoms with Crippen molar-refractivity contribution in [2.75, 3.05) is 14.2 Å². The number of methoxy groups -OCH3 is 2. The fourth-order valence-electron chi connectivity index (χ4n) is 2.01. The van der Waals surface area contributed by atoms with Gasteiger partial charge in [0.2, 0.25) is 0 Å². The lowest BCUT2D eigenvalue weighted by atomic mass is 10.4. The standard InChI is InChI=1S/C14H16N2O4/c1-19-13(17)11-5-3-7-15(11)9-10-16-8-4-6-12(16)14(18)20-2/h3-8H,9-10H2,1-2H3. The number of nitrogens with zero attached hydrogens (tertiary/aromatic N) is 2. The van der Waals surface area contributed by atoms with Gasteiger partial charge in [-0.3, -0.25) is 0 Å². The minimum absolute atomic E-state index is 0.379. The average molecular weight is 276 g/mol. The minimum Gasteiger partial charge on any atom is -0.464 e. The summed E-state index contributed by atoms with van der Waals surface area (Å²) in [5.74, 6) is -0.758. The Morgan fingerprint density at radius 3 is 1.65 bits per heavy atom. The molecule has 6 heteroatoms. The Bertz CT molecular complexity index is 558. The van der Waals surface area contributed by atoms with Crippen LogP contribution in [0.1, 0.15) is 21.0 Å². The maximum atomic E-state index is 11.6. The first-order chi connectivity index (χ1) is 9.67. The van der Waals surface area contributed by atoms with Gasteiger partial charge in [0, 0.05) is 25.5 Å². The summed E-state index contributed by atoms with van der Waals surface area (Å²) in [5.41, 5.74) is 0.971. The van der Waals surface area contributed by atoms with E-state index in [2.05, 4.69) is 0 Å². The molecule has 0 aliphatic rings. The maximum absolute atomic E-state index is 11.6. The van der Waals surface area contributed by atoms with Crippen LogP contribution in [0.3, 0.4) is 0 Å². The number of hydrogen-bond acceptors (Lipinski definition) is 4. The molecule has 0 saturated carbocycles. The average Bonchev–Trinajstić information content (AvgIpc) is 3.11. The summed E-state index contributed by atoms with van der Waals surface area (Å²) in [5, 5.41) is 0. The van der Waals surface area contributed by atoms with E-state index >= 15 is 0 Å². The van der Waals surface area contributed by atoms with Crippen molar-refractivity contribution in [2.45, 2.75) is 13.1 Å². The van der Waals surface area contributed by atoms with E-state index in [0.29, 0.717) is 24.5 Å². The first-order valence-corrected chi connectivity index (χ1v) is 6.14. The molecule has 0 saturated heterocycles. The second-order valence-corrected chi connectivity index (χ2v) is 4.16. The second kappa shape index (κ2) is 6.10. The van der Waals surface area contributed by atoms with Crippen molar-refractivity contribution in [1.29, 1.82) is 0 Å². The second-order valence-electron chi connectivity index (χ2n) is 4.16. The molecule has 106 valence electrons. The molecule has 0 bridgehead atoms. The van der Waals surface area contributed by atoms with Crippen molar-refractivity contribution in [3.63, 3.8) is 0 Å². The van der Waals surface area contributed by atoms with Crippen LogP contribution in [0.2, 0.25) is 0 Å². The van der Waals surface area contributed by atoms with Gasteiger partial charge in [-0.25, -0.2) is 9.59 Å². The molecular weight excluding hydrogens is 260 g/mol. The number of aryl methyl sites for hydroxylation is 2. The van der Waals surface area contributed by atoms with Crippen LogP contribution >= 0.6 is 0 Å². The third-order valence-electron chi connectivity index (χ3n) is 3.03. The van der Waals surface area contributed by atoms with Crippen LogP contribution in [0.4, 0.5) is 0 Å². The number of esters is 2. The number of ether oxygens (including phenoxy) is 2. The van der Waals surface area contributed by atoms with E-state index in [9.17, 15) is 9.59 Å². The van der Waals surface area contributed by atoms with Crippen LogP contribution in [0.15, 0.2) is 36.7 Å². The van der Waals surface area contributed by atoms with Gasteiger partial charge >= 0.3 is 11.9 Å². The molecule has 0 fully saturated rings. The quantitative estimate of drug-likeness (QED) is 0.778. The lowest BCUT2D eigenvalue weighted by Gasteiger charge is -2.10. The van der Waals surface area contributed by atoms with E-state index in [-0.39, 0.29) is 11.9 Å². The zero-order valence-corrected chi connectivity index (χ0v) is 11.4. The summed E-state index contributed by atoms with van der Waals surface area (Å²) in [7, 11) is 2.70. The highest BCUT2D eigenvalue weighted by Crippen LogP contribution is 2.08. The van der Waals surface area contributed by atoms with E-state index in [1.54, 1.807) is 45.8 Å². The van der Waals surface area contributed by atoms with E-state index in [1.807, 2.05) is 0 Å². The van der Waals surface area contributed by atoms with Crippen LogP contribution in [0.5, 0.6) is 0 Å². The number of hydrogen-bond donors (Lipinski definition) is 0. The molecule has 2 rings (SSSR count). The Labute approximate surface area is 116 Å². The summed E-state index contributed by atoms with van der Waals surface area (Å²) in [6.07, 6.45) is 3.60. The van der Waals surface area contributed by atoms with Crippen LogP contribution < -0.4 is 0 Å². The van der Waals surface area contributed by atoms with Crippen LogP contribution in [-0.4, -0.2) is 35.3 Å². The molecule has 0 amide bonds. The predicted octanol–water partition coefficient (Wildman–Crippen LogP) is 1.56. The van der Waals surface area contributed by atoms with E-state index in [4.69, 9.17) is 9.47 Å². The van der Waals surface area contributed by atoms with Gasteiger partial charge < -0.3 is 18.6 Å². The van der Waals surface area contributed by atoms with Crippen molar-refractivity contribution < 1.29 is 19.1 Å². The highest BCUT2D eigenvalue weighted by Gasteiger charge is 2.13. The van der Waals surface area contributed by atoms with Crippen molar-refractivity contribution in [1.82, 2.24) is 9.13 Å². The first kappa shape index (κ1) is 13.9. The van der Waals surface area contributed by atoms with Crippen LogP contribution in [-0.2, 0) is 22.6 Å². The summed E-state index contributed by atoms with van der Waals surface area (Å²) in [4.78, 5) is 23.1. The molecule has 0 aliphatic heterocycles. The predicted molar refractivity (Wildman–Crippen MR) is 71.5 cm³/mol. The molecule has 0 atom stereocenters. The molecule has 0 N–H and O–H groups in total. The normalized spacial score (nSPS) is 10.3. The summed E-state index contributed by atoms with van der Waals surface area (Å²) in [6.45, 7) is 1.10. The van der Waals surface area contributed by atoms with Gasteiger partial charge in [0.05, 0.1) is 14.2 Å². The van der Waals surface area contributed by atoms with Gasteiger partial charge in [0.25, 0.3) is 0 Å². The molecule has 2 aromatic heterocycles. The van der Waals surface area contributed by atoms with Gasteiger partial charge in [0.15, 0.2) is 0 Å². The summed E-state index contributed by atoms with van der Waals surface area (Å²) < 4.78 is 13.0. The van der Waals surface area contributed by atoms with Crippen molar-refractivity contribution >= 4 is 11.9 Å². The molecule has 6 nitrogen and oxygen atoms in total. The molecule has 0 aliphatic carbocycles. The van der Waals surface area contributed by atoms with Gasteiger partial charge in [0.1, 0.15) is 11.4 Å². The Kier molecular flexibility index (Phi) is 4.24. The molecule has 2 heterocycles. The van der Waals surface area contributed by atoms with Crippen LogP contribution in [0.25, 0.3) is 0 Å². The van der Waals surface area contributed by atoms with Crippen LogP contribution in [0, 0.1) is 0 Å². The SMILES string of the molecule is COC(=O)c1cccn1CCn1cccc1C(=O)OC. The number of carbonyl (C=O) groups excluding carboxylic acids is 2. The van der Waals surface area contributed by atoms with Gasteiger partial charge in [-0.2, -0.15) is 0 Å². The van der Waals surface area contributed by atoms with Crippen molar-refractivity contribution in [3.8, 4) is 0 Å². The largest absolute Gasteiger partial charge is 0.464 e. The topological polar surface area (TPSA) is 62.5 Å². The van der Waals surface area contributed by atoms with E-state index < -0.39 is 0 Å². The zero-order chi connectivity index (χ0) is 14.5. The van der Waals surface area contributed by atoms with Crippen molar-refractivity contribution in [3.05, 3.63) is 48.0 Å². The lowest BCUT2D eigenvalue weighted by Crippen LogP contribution is -2.16. The molecule has 0 unspecified atom stereocenters. The van der Waals surface area contributed by atoms with Gasteiger partial charge in [-0.1, -0.05) is 0 Å². The number of aromatic nitrogens is 2. The van der Waals surface area contributed by atoms with Gasteiger partial charge in [-0.05, 0) is 24.3 Å². The Morgan fingerprint density at radius 1 is 0.900 bits per heavy atom. The third kappa shape index (κ3) is 2.74. The Hall–Kier alpha value is -2.50. The highest BCUT2D eigenvalue weighted by molar-refractivity contribution is 5.88. The third-order valence-corrected chi connectivity index (χ3v) is 3.03. The molecule has 20 heavy (non-hydrogen) atoms. The van der Waals surface area contributed by atoms with Crippen molar-refractivity contribution in [2.24, 2.45) is 0 Å². The maximum Gasteiger partial charge on any atom is 0.354 e. The summed E-state index contributed by atoms with van der Waals surface area (Å²) in [6, 6.07) is 6.96. The fourth-order valence-corrected chi connectivity index (χ4v) is 2.01. The molecule has 2 aromatic rings. The monoisotopic (exact) mass is 276 g/mol. The zero-order valence-electron chi connectivity index (χ0n) is 11.4. The molecule has 0 radical (unpaired) electrons. The summed E-state index contributed by atoms with van der Waals surface area (Å²) >= 11 is 0. The smallest absolute Gasteiger partial charge is 0.354 e. The molecule has 0 spiro atoms. The van der Waals surface area contributed by atoms with Gasteiger partial charge in [-0.15, -0.1) is 0 Å². The Morgan fingerprint density at radius 2 is 1.30 bits per heavy atom. The van der Waals surface area contributed by atoms with E-state index in [1.165, 1.54) is 14.2 Å². The number of carbonyl (C=O) groups is 2. The molecule has 0 aromatic carbocycles. The van der Waals surface area contributed by atoms with E-state index in [0.717, 1.165) is 0 Å². The Balaban J connectivity index is 2.10. The lowest BCUT2D eigenvalue weighted by molar-refractivity contribution is 0.0575.